The maximum absolute atomic E-state index is 12.0. The summed E-state index contributed by atoms with van der Waals surface area (Å²) in [5.74, 6) is 0.253. The van der Waals surface area contributed by atoms with Gasteiger partial charge in [0, 0.05) is 19.6 Å². The molecule has 0 spiro atoms. The minimum atomic E-state index is -0.144. The number of amides is 2. The van der Waals surface area contributed by atoms with Crippen LogP contribution in [0.3, 0.4) is 0 Å². The van der Waals surface area contributed by atoms with Gasteiger partial charge in [0.1, 0.15) is 0 Å². The molecule has 2 rings (SSSR count). The molecule has 1 heterocycles. The third-order valence-corrected chi connectivity index (χ3v) is 4.11. The van der Waals surface area contributed by atoms with E-state index in [1.165, 1.54) is 16.2 Å². The van der Waals surface area contributed by atoms with Crippen LogP contribution in [-0.4, -0.2) is 42.9 Å². The lowest BCUT2D eigenvalue weighted by Crippen LogP contribution is -2.46. The van der Waals surface area contributed by atoms with Crippen LogP contribution in [-0.2, 0) is 4.79 Å². The Labute approximate surface area is 128 Å². The monoisotopic (exact) mass is 317 g/mol. The molecule has 1 unspecified atom stereocenters. The lowest BCUT2D eigenvalue weighted by molar-refractivity contribution is -0.122. The Morgan fingerprint density at radius 2 is 2.25 bits per heavy atom. The number of rotatable bonds is 6. The van der Waals surface area contributed by atoms with Gasteiger partial charge in [-0.3, -0.25) is 9.59 Å². The molecule has 2 amide bonds. The standard InChI is InChI=1S/C13H19N3O2S.ClH/c1-16(13(18)11-3-2-6-19-11)8-12(17)15-10(7-14)9-4-5-9;/h2-3,6,9-10H,4-5,7-8,14H2,1H3,(H,15,17);1H. The summed E-state index contributed by atoms with van der Waals surface area (Å²) >= 11 is 1.38. The van der Waals surface area contributed by atoms with Crippen LogP contribution in [0.5, 0.6) is 0 Å². The first kappa shape index (κ1) is 16.9. The van der Waals surface area contributed by atoms with E-state index in [1.54, 1.807) is 13.1 Å². The van der Waals surface area contributed by atoms with Crippen molar-refractivity contribution >= 4 is 35.6 Å². The lowest BCUT2D eigenvalue weighted by Gasteiger charge is -2.20. The van der Waals surface area contributed by atoms with Gasteiger partial charge >= 0.3 is 0 Å². The molecule has 0 aromatic carbocycles. The Bertz CT molecular complexity index is 448. The molecule has 1 fully saturated rings. The van der Waals surface area contributed by atoms with E-state index >= 15 is 0 Å². The minimum Gasteiger partial charge on any atom is -0.350 e. The first-order chi connectivity index (χ1) is 9.11. The van der Waals surface area contributed by atoms with E-state index in [4.69, 9.17) is 5.73 Å². The van der Waals surface area contributed by atoms with E-state index in [0.29, 0.717) is 17.3 Å². The van der Waals surface area contributed by atoms with E-state index in [9.17, 15) is 9.59 Å². The molecule has 0 radical (unpaired) electrons. The van der Waals surface area contributed by atoms with Gasteiger partial charge in [0.15, 0.2) is 0 Å². The molecule has 112 valence electrons. The molecule has 1 aliphatic rings. The number of hydrogen-bond donors (Lipinski definition) is 2. The predicted molar refractivity (Wildman–Crippen MR) is 82.2 cm³/mol. The number of carbonyl (C=O) groups is 2. The van der Waals surface area contributed by atoms with Gasteiger partial charge in [-0.2, -0.15) is 0 Å². The van der Waals surface area contributed by atoms with Crippen LogP contribution in [0.4, 0.5) is 0 Å². The maximum atomic E-state index is 12.0. The zero-order valence-corrected chi connectivity index (χ0v) is 13.0. The molecule has 1 saturated carbocycles. The lowest BCUT2D eigenvalue weighted by atomic mass is 10.2. The molecule has 7 heteroatoms. The first-order valence-electron chi connectivity index (χ1n) is 6.40. The van der Waals surface area contributed by atoms with Gasteiger partial charge in [-0.05, 0) is 30.2 Å². The fraction of sp³-hybridized carbons (Fsp3) is 0.538. The maximum Gasteiger partial charge on any atom is 0.264 e. The molecular formula is C13H20ClN3O2S. The first-order valence-corrected chi connectivity index (χ1v) is 7.28. The van der Waals surface area contributed by atoms with Crippen molar-refractivity contribution in [2.24, 2.45) is 11.7 Å². The van der Waals surface area contributed by atoms with Gasteiger partial charge in [-0.15, -0.1) is 23.7 Å². The van der Waals surface area contributed by atoms with E-state index in [1.807, 2.05) is 11.4 Å². The Kier molecular flexibility index (Phi) is 6.45. The van der Waals surface area contributed by atoms with Crippen molar-refractivity contribution < 1.29 is 9.59 Å². The van der Waals surface area contributed by atoms with Crippen molar-refractivity contribution in [3.05, 3.63) is 22.4 Å². The Hall–Kier alpha value is -1.11. The molecule has 5 nitrogen and oxygen atoms in total. The van der Waals surface area contributed by atoms with Crippen molar-refractivity contribution in [1.29, 1.82) is 0 Å². The second-order valence-corrected chi connectivity index (χ2v) is 5.83. The highest BCUT2D eigenvalue weighted by atomic mass is 35.5. The fourth-order valence-electron chi connectivity index (χ4n) is 2.00. The van der Waals surface area contributed by atoms with E-state index < -0.39 is 0 Å². The molecule has 0 aliphatic heterocycles. The van der Waals surface area contributed by atoms with Crippen LogP contribution in [0.15, 0.2) is 17.5 Å². The molecule has 0 saturated heterocycles. The van der Waals surface area contributed by atoms with Crippen molar-refractivity contribution in [2.45, 2.75) is 18.9 Å². The van der Waals surface area contributed by atoms with Crippen LogP contribution in [0.1, 0.15) is 22.5 Å². The van der Waals surface area contributed by atoms with Crippen LogP contribution < -0.4 is 11.1 Å². The van der Waals surface area contributed by atoms with E-state index in [2.05, 4.69) is 5.32 Å². The quantitative estimate of drug-likeness (QED) is 0.825. The van der Waals surface area contributed by atoms with Crippen molar-refractivity contribution in [3.8, 4) is 0 Å². The third kappa shape index (κ3) is 4.47. The predicted octanol–water partition coefficient (Wildman–Crippen LogP) is 1.10. The van der Waals surface area contributed by atoms with E-state index in [0.717, 1.165) is 12.8 Å². The molecule has 1 atom stereocenters. The minimum absolute atomic E-state index is 0. The van der Waals surface area contributed by atoms with Crippen LogP contribution in [0.2, 0.25) is 0 Å². The molecule has 1 aromatic rings. The summed E-state index contributed by atoms with van der Waals surface area (Å²) < 4.78 is 0. The summed E-state index contributed by atoms with van der Waals surface area (Å²) in [5.41, 5.74) is 5.64. The summed E-state index contributed by atoms with van der Waals surface area (Å²) in [6, 6.07) is 3.63. The van der Waals surface area contributed by atoms with Crippen LogP contribution >= 0.6 is 23.7 Å². The Balaban J connectivity index is 0.00000200. The molecule has 3 N–H and O–H groups in total. The largest absolute Gasteiger partial charge is 0.350 e. The average Bonchev–Trinajstić information content (AvgIpc) is 3.09. The highest BCUT2D eigenvalue weighted by molar-refractivity contribution is 7.12. The molecule has 0 bridgehead atoms. The zero-order chi connectivity index (χ0) is 13.8. The number of thiophene rings is 1. The van der Waals surface area contributed by atoms with Gasteiger partial charge in [-0.25, -0.2) is 0 Å². The molecular weight excluding hydrogens is 298 g/mol. The Morgan fingerprint density at radius 3 is 2.75 bits per heavy atom. The van der Waals surface area contributed by atoms with Crippen LogP contribution in [0, 0.1) is 5.92 Å². The molecule has 20 heavy (non-hydrogen) atoms. The second-order valence-electron chi connectivity index (χ2n) is 4.89. The van der Waals surface area contributed by atoms with Crippen LogP contribution in [0.25, 0.3) is 0 Å². The normalized spacial score (nSPS) is 15.1. The number of nitrogens with one attached hydrogen (secondary N) is 1. The molecule has 1 aromatic heterocycles. The fourth-order valence-corrected chi connectivity index (χ4v) is 2.71. The van der Waals surface area contributed by atoms with Gasteiger partial charge < -0.3 is 16.0 Å². The second kappa shape index (κ2) is 7.61. The number of nitrogens with two attached hydrogens (primary N) is 1. The summed E-state index contributed by atoms with van der Waals surface area (Å²) in [6.45, 7) is 0.527. The highest BCUT2D eigenvalue weighted by Crippen LogP contribution is 2.32. The van der Waals surface area contributed by atoms with Gasteiger partial charge in [0.25, 0.3) is 5.91 Å². The van der Waals surface area contributed by atoms with E-state index in [-0.39, 0.29) is 36.8 Å². The van der Waals surface area contributed by atoms with Crippen molar-refractivity contribution in [3.63, 3.8) is 0 Å². The summed E-state index contributed by atoms with van der Waals surface area (Å²) in [4.78, 5) is 25.9. The van der Waals surface area contributed by atoms with Crippen molar-refractivity contribution in [2.75, 3.05) is 20.1 Å². The van der Waals surface area contributed by atoms with Gasteiger partial charge in [-0.1, -0.05) is 6.07 Å². The summed E-state index contributed by atoms with van der Waals surface area (Å²) in [5, 5.41) is 4.75. The summed E-state index contributed by atoms with van der Waals surface area (Å²) in [7, 11) is 1.64. The smallest absolute Gasteiger partial charge is 0.264 e. The third-order valence-electron chi connectivity index (χ3n) is 3.25. The molecule has 1 aliphatic carbocycles. The zero-order valence-electron chi connectivity index (χ0n) is 11.4. The number of hydrogen-bond acceptors (Lipinski definition) is 4. The topological polar surface area (TPSA) is 75.4 Å². The number of carbonyl (C=O) groups excluding carboxylic acids is 2. The SMILES string of the molecule is CN(CC(=O)NC(CN)C1CC1)C(=O)c1cccs1.Cl. The summed E-state index contributed by atoms with van der Waals surface area (Å²) in [6.07, 6.45) is 2.26. The van der Waals surface area contributed by atoms with Gasteiger partial charge in [0.2, 0.25) is 5.91 Å². The highest BCUT2D eigenvalue weighted by Gasteiger charge is 2.31. The number of halogens is 1. The average molecular weight is 318 g/mol. The number of nitrogens with zero attached hydrogens (tertiary/aromatic N) is 1. The van der Waals surface area contributed by atoms with Gasteiger partial charge in [0.05, 0.1) is 11.4 Å². The Morgan fingerprint density at radius 1 is 1.55 bits per heavy atom. The number of likely N-dealkylation sites (N-methyl/N-ethyl adjacent to an activating group) is 1. The van der Waals surface area contributed by atoms with Crippen molar-refractivity contribution in [1.82, 2.24) is 10.2 Å².